The average molecular weight is 316 g/mol. The third-order valence-electron chi connectivity index (χ3n) is 3.24. The van der Waals surface area contributed by atoms with Gasteiger partial charge in [-0.25, -0.2) is 4.98 Å². The molecule has 0 saturated carbocycles. The molecule has 0 aliphatic carbocycles. The smallest absolute Gasteiger partial charge is 0.115 e. The number of rotatable bonds is 3. The topological polar surface area (TPSA) is 41.6 Å². The summed E-state index contributed by atoms with van der Waals surface area (Å²) in [7, 11) is 0. The zero-order valence-electron chi connectivity index (χ0n) is 11.1. The predicted octanol–water partition coefficient (Wildman–Crippen LogP) is 4.33. The van der Waals surface area contributed by atoms with E-state index in [1.54, 1.807) is 6.07 Å². The Balaban J connectivity index is 2.30. The lowest BCUT2D eigenvalue weighted by molar-refractivity contribution is 0.912. The van der Waals surface area contributed by atoms with Crippen molar-refractivity contribution in [3.05, 3.63) is 58.9 Å². The molecule has 0 amide bonds. The molecule has 104 valence electrons. The van der Waals surface area contributed by atoms with Crippen LogP contribution in [0.1, 0.15) is 11.4 Å². The van der Waals surface area contributed by atoms with Gasteiger partial charge < -0.3 is 0 Å². The molecule has 1 aromatic heterocycles. The van der Waals surface area contributed by atoms with Crippen molar-refractivity contribution in [2.24, 2.45) is 0 Å². The highest BCUT2D eigenvalue weighted by atomic mass is 35.5. The molecule has 5 heteroatoms. The number of aromatic nitrogens is 2. The van der Waals surface area contributed by atoms with E-state index in [0.717, 1.165) is 22.5 Å². The molecule has 0 radical (unpaired) electrons. The molecule has 0 saturated heterocycles. The fourth-order valence-electron chi connectivity index (χ4n) is 2.35. The Labute approximate surface area is 132 Å². The highest BCUT2D eigenvalue weighted by molar-refractivity contribution is 6.31. The van der Waals surface area contributed by atoms with Crippen LogP contribution in [0.5, 0.6) is 0 Å². The third-order valence-corrected chi connectivity index (χ3v) is 3.66. The maximum atomic E-state index is 9.07. The van der Waals surface area contributed by atoms with Gasteiger partial charge in [-0.2, -0.15) is 5.26 Å². The van der Waals surface area contributed by atoms with Crippen LogP contribution >= 0.6 is 23.2 Å². The summed E-state index contributed by atoms with van der Waals surface area (Å²) in [5, 5.41) is 9.72. The zero-order valence-corrected chi connectivity index (χ0v) is 12.6. The lowest BCUT2D eigenvalue weighted by atomic mass is 10.2. The number of imidazole rings is 1. The highest BCUT2D eigenvalue weighted by Gasteiger charge is 2.12. The largest absolute Gasteiger partial charge is 0.296 e. The molecule has 0 N–H and O–H groups in total. The van der Waals surface area contributed by atoms with Gasteiger partial charge in [0.1, 0.15) is 5.82 Å². The molecule has 2 aromatic carbocycles. The van der Waals surface area contributed by atoms with Gasteiger partial charge in [-0.15, -0.1) is 11.6 Å². The van der Waals surface area contributed by atoms with Crippen molar-refractivity contribution in [1.82, 2.24) is 9.55 Å². The average Bonchev–Trinajstić information content (AvgIpc) is 2.85. The number of hydrogen-bond acceptors (Lipinski definition) is 2. The molecule has 1 heterocycles. The molecular formula is C16H11Cl2N3. The number of nitriles is 1. The van der Waals surface area contributed by atoms with Gasteiger partial charge in [0.25, 0.3) is 0 Å². The Bertz CT molecular complexity index is 846. The van der Waals surface area contributed by atoms with Crippen LogP contribution in [0.2, 0.25) is 5.02 Å². The van der Waals surface area contributed by atoms with E-state index in [0.29, 0.717) is 22.9 Å². The first-order valence-corrected chi connectivity index (χ1v) is 7.37. The van der Waals surface area contributed by atoms with Crippen LogP contribution in [-0.2, 0) is 6.42 Å². The van der Waals surface area contributed by atoms with E-state index >= 15 is 0 Å². The van der Waals surface area contributed by atoms with Crippen LogP contribution in [0.3, 0.4) is 0 Å². The van der Waals surface area contributed by atoms with Crippen LogP contribution in [0.25, 0.3) is 16.7 Å². The van der Waals surface area contributed by atoms with E-state index in [1.807, 2.05) is 41.0 Å². The van der Waals surface area contributed by atoms with Crippen molar-refractivity contribution in [2.75, 3.05) is 5.88 Å². The van der Waals surface area contributed by atoms with Crippen molar-refractivity contribution in [3.63, 3.8) is 0 Å². The molecule has 3 nitrogen and oxygen atoms in total. The number of halogens is 2. The number of fused-ring (bicyclic) bond motifs is 1. The Morgan fingerprint density at radius 1 is 1.19 bits per heavy atom. The van der Waals surface area contributed by atoms with Crippen LogP contribution in [-0.4, -0.2) is 15.4 Å². The Hall–Kier alpha value is -2.02. The van der Waals surface area contributed by atoms with E-state index in [-0.39, 0.29) is 0 Å². The van der Waals surface area contributed by atoms with Gasteiger partial charge in [-0.1, -0.05) is 17.7 Å². The second kappa shape index (κ2) is 5.77. The minimum absolute atomic E-state index is 0.481. The van der Waals surface area contributed by atoms with Gasteiger partial charge in [0.2, 0.25) is 0 Å². The quantitative estimate of drug-likeness (QED) is 0.675. The van der Waals surface area contributed by atoms with E-state index in [2.05, 4.69) is 11.1 Å². The lowest BCUT2D eigenvalue weighted by Crippen LogP contribution is -2.02. The summed E-state index contributed by atoms with van der Waals surface area (Å²) in [5.74, 6) is 1.34. The Morgan fingerprint density at radius 3 is 2.81 bits per heavy atom. The lowest BCUT2D eigenvalue weighted by Gasteiger charge is -2.09. The Morgan fingerprint density at radius 2 is 2.05 bits per heavy atom. The summed E-state index contributed by atoms with van der Waals surface area (Å²) >= 11 is 12.0. The molecule has 0 unspecified atom stereocenters. The second-order valence-electron chi connectivity index (χ2n) is 4.60. The predicted molar refractivity (Wildman–Crippen MR) is 85.2 cm³/mol. The third kappa shape index (κ3) is 2.61. The number of benzene rings is 2. The van der Waals surface area contributed by atoms with Gasteiger partial charge in [0, 0.05) is 23.0 Å². The zero-order chi connectivity index (χ0) is 14.8. The van der Waals surface area contributed by atoms with Crippen LogP contribution in [0.4, 0.5) is 0 Å². The maximum Gasteiger partial charge on any atom is 0.115 e. The molecule has 3 aromatic rings. The SMILES string of the molecule is N#Cc1cccc(-n2c(CCCl)nc3ccc(Cl)cc32)c1. The van der Waals surface area contributed by atoms with Crippen LogP contribution in [0.15, 0.2) is 42.5 Å². The summed E-state index contributed by atoms with van der Waals surface area (Å²) in [5.41, 5.74) is 3.27. The summed E-state index contributed by atoms with van der Waals surface area (Å²) < 4.78 is 2.00. The van der Waals surface area contributed by atoms with E-state index in [4.69, 9.17) is 28.5 Å². The van der Waals surface area contributed by atoms with Crippen LogP contribution in [0, 0.1) is 11.3 Å². The maximum absolute atomic E-state index is 9.07. The fraction of sp³-hybridized carbons (Fsp3) is 0.125. The molecule has 3 rings (SSSR count). The molecule has 0 fully saturated rings. The minimum Gasteiger partial charge on any atom is -0.296 e. The molecule has 0 aliphatic heterocycles. The monoisotopic (exact) mass is 315 g/mol. The van der Waals surface area contributed by atoms with E-state index < -0.39 is 0 Å². The summed E-state index contributed by atoms with van der Waals surface area (Å²) in [6.45, 7) is 0. The minimum atomic E-state index is 0.481. The van der Waals surface area contributed by atoms with Crippen molar-refractivity contribution in [1.29, 1.82) is 5.26 Å². The molecular weight excluding hydrogens is 305 g/mol. The number of aryl methyl sites for hydroxylation is 1. The molecule has 21 heavy (non-hydrogen) atoms. The van der Waals surface area contributed by atoms with Crippen molar-refractivity contribution >= 4 is 34.2 Å². The van der Waals surface area contributed by atoms with Gasteiger partial charge in [-0.3, -0.25) is 4.57 Å². The number of alkyl halides is 1. The van der Waals surface area contributed by atoms with Crippen LogP contribution < -0.4 is 0 Å². The molecule has 0 spiro atoms. The Kier molecular flexibility index (Phi) is 3.83. The van der Waals surface area contributed by atoms with Gasteiger partial charge >= 0.3 is 0 Å². The van der Waals surface area contributed by atoms with E-state index in [9.17, 15) is 0 Å². The number of hydrogen-bond donors (Lipinski definition) is 0. The second-order valence-corrected chi connectivity index (χ2v) is 5.41. The summed E-state index contributed by atoms with van der Waals surface area (Å²) in [6.07, 6.45) is 0.643. The highest BCUT2D eigenvalue weighted by Crippen LogP contribution is 2.25. The molecule has 0 atom stereocenters. The van der Waals surface area contributed by atoms with Gasteiger partial charge in [0.15, 0.2) is 0 Å². The first kappa shape index (κ1) is 13.9. The van der Waals surface area contributed by atoms with Crippen molar-refractivity contribution < 1.29 is 0 Å². The summed E-state index contributed by atoms with van der Waals surface area (Å²) in [6, 6.07) is 15.1. The fourth-order valence-corrected chi connectivity index (χ4v) is 2.69. The first-order chi connectivity index (χ1) is 10.2. The summed E-state index contributed by atoms with van der Waals surface area (Å²) in [4.78, 5) is 4.61. The van der Waals surface area contributed by atoms with Crippen molar-refractivity contribution in [3.8, 4) is 11.8 Å². The molecule has 0 bridgehead atoms. The standard InChI is InChI=1S/C16H11Cl2N3/c17-7-6-16-20-14-5-4-12(18)9-15(14)21(16)13-3-1-2-11(8-13)10-19/h1-5,8-9H,6-7H2. The number of nitrogens with zero attached hydrogens (tertiary/aromatic N) is 3. The first-order valence-electron chi connectivity index (χ1n) is 6.46. The van der Waals surface area contributed by atoms with Gasteiger partial charge in [0.05, 0.1) is 22.7 Å². The van der Waals surface area contributed by atoms with Crippen molar-refractivity contribution in [2.45, 2.75) is 6.42 Å². The normalized spacial score (nSPS) is 10.7. The van der Waals surface area contributed by atoms with E-state index in [1.165, 1.54) is 0 Å². The van der Waals surface area contributed by atoms with Gasteiger partial charge in [-0.05, 0) is 36.4 Å². The molecule has 0 aliphatic rings.